The third-order valence-corrected chi connectivity index (χ3v) is 3.39. The van der Waals surface area contributed by atoms with Crippen LogP contribution in [0.5, 0.6) is 0 Å². The summed E-state index contributed by atoms with van der Waals surface area (Å²) in [6.45, 7) is 0.365. The van der Waals surface area contributed by atoms with Crippen LogP contribution in [0.15, 0.2) is 6.07 Å². The molecule has 1 heterocycles. The fourth-order valence-corrected chi connectivity index (χ4v) is 2.23. The average molecular weight is 311 g/mol. The second-order valence-corrected chi connectivity index (χ2v) is 4.18. The molecule has 2 nitrogen and oxygen atoms in total. The van der Waals surface area contributed by atoms with Crippen molar-refractivity contribution in [2.75, 3.05) is 0 Å². The Bertz CT molecular complexity index is 408. The van der Waals surface area contributed by atoms with E-state index < -0.39 is 0 Å². The van der Waals surface area contributed by atoms with E-state index in [9.17, 15) is 9.18 Å². The maximum absolute atomic E-state index is 13.1. The third-order valence-electron chi connectivity index (χ3n) is 1.92. The molecule has 13 heavy (non-hydrogen) atoms. The van der Waals surface area contributed by atoms with Crippen molar-refractivity contribution in [3.63, 3.8) is 0 Å². The van der Waals surface area contributed by atoms with Gasteiger partial charge in [-0.05, 0) is 28.7 Å². The summed E-state index contributed by atoms with van der Waals surface area (Å²) in [5.41, 5.74) is 1.07. The molecule has 0 aliphatic carbocycles. The van der Waals surface area contributed by atoms with Crippen LogP contribution in [-0.2, 0) is 6.54 Å². The van der Waals surface area contributed by atoms with Crippen LogP contribution in [0.2, 0.25) is 5.02 Å². The molecule has 0 unspecified atom stereocenters. The average Bonchev–Trinajstić information content (AvgIpc) is 2.44. The van der Waals surface area contributed by atoms with E-state index in [1.165, 1.54) is 6.07 Å². The number of halogens is 3. The Balaban J connectivity index is 2.76. The molecule has 2 rings (SSSR count). The van der Waals surface area contributed by atoms with Gasteiger partial charge in [0.2, 0.25) is 0 Å². The quantitative estimate of drug-likeness (QED) is 0.578. The maximum atomic E-state index is 13.1. The summed E-state index contributed by atoms with van der Waals surface area (Å²) in [4.78, 5) is 11.2. The number of rotatable bonds is 0. The number of carbonyl (C=O) groups is 1. The van der Waals surface area contributed by atoms with Crippen molar-refractivity contribution in [2.24, 2.45) is 0 Å². The van der Waals surface area contributed by atoms with E-state index in [-0.39, 0.29) is 16.7 Å². The second kappa shape index (κ2) is 3.09. The van der Waals surface area contributed by atoms with Gasteiger partial charge in [-0.3, -0.25) is 4.79 Å². The summed E-state index contributed by atoms with van der Waals surface area (Å²) in [5, 5.41) is 2.78. The van der Waals surface area contributed by atoms with Gasteiger partial charge < -0.3 is 5.32 Å². The molecule has 0 aromatic heterocycles. The van der Waals surface area contributed by atoms with Gasteiger partial charge in [-0.15, -0.1) is 0 Å². The number of fused-ring (bicyclic) bond motifs is 1. The Morgan fingerprint density at radius 3 is 3.00 bits per heavy atom. The molecule has 0 radical (unpaired) electrons. The van der Waals surface area contributed by atoms with Crippen LogP contribution in [0.1, 0.15) is 15.9 Å². The van der Waals surface area contributed by atoms with Crippen molar-refractivity contribution in [2.45, 2.75) is 6.54 Å². The fourth-order valence-electron chi connectivity index (χ4n) is 1.31. The summed E-state index contributed by atoms with van der Waals surface area (Å²) in [7, 11) is 0. The first-order valence-electron chi connectivity index (χ1n) is 3.56. The van der Waals surface area contributed by atoms with E-state index in [0.717, 1.165) is 0 Å². The Hall–Kier alpha value is -0.360. The zero-order chi connectivity index (χ0) is 9.59. The Kier molecular flexibility index (Phi) is 2.19. The Morgan fingerprint density at radius 2 is 2.31 bits per heavy atom. The van der Waals surface area contributed by atoms with Gasteiger partial charge in [0, 0.05) is 12.1 Å². The molecule has 1 aliphatic rings. The molecule has 1 aliphatic heterocycles. The first-order chi connectivity index (χ1) is 6.11. The van der Waals surface area contributed by atoms with Crippen molar-refractivity contribution in [3.8, 4) is 0 Å². The minimum absolute atomic E-state index is 0.183. The van der Waals surface area contributed by atoms with Gasteiger partial charge in [0.1, 0.15) is 5.82 Å². The number of hydrogen-bond donors (Lipinski definition) is 1. The van der Waals surface area contributed by atoms with Gasteiger partial charge in [-0.2, -0.15) is 0 Å². The monoisotopic (exact) mass is 311 g/mol. The highest BCUT2D eigenvalue weighted by Crippen LogP contribution is 2.30. The van der Waals surface area contributed by atoms with Crippen molar-refractivity contribution < 1.29 is 9.18 Å². The Morgan fingerprint density at radius 1 is 1.62 bits per heavy atom. The van der Waals surface area contributed by atoms with Gasteiger partial charge in [0.15, 0.2) is 0 Å². The molecular formula is C8H4ClFINO. The lowest BCUT2D eigenvalue weighted by Crippen LogP contribution is -2.12. The number of nitrogens with one attached hydrogen (secondary N) is 1. The smallest absolute Gasteiger partial charge is 0.253 e. The van der Waals surface area contributed by atoms with Gasteiger partial charge in [0.25, 0.3) is 5.91 Å². The zero-order valence-electron chi connectivity index (χ0n) is 6.33. The van der Waals surface area contributed by atoms with Crippen LogP contribution in [0, 0.1) is 9.39 Å². The van der Waals surface area contributed by atoms with Crippen LogP contribution in [0.25, 0.3) is 0 Å². The van der Waals surface area contributed by atoms with Crippen molar-refractivity contribution in [1.29, 1.82) is 0 Å². The number of benzene rings is 1. The van der Waals surface area contributed by atoms with Gasteiger partial charge in [0.05, 0.1) is 14.2 Å². The van der Waals surface area contributed by atoms with Crippen LogP contribution >= 0.6 is 34.2 Å². The first kappa shape index (κ1) is 9.21. The first-order valence-corrected chi connectivity index (χ1v) is 5.01. The summed E-state index contributed by atoms with van der Waals surface area (Å²) < 4.78 is 13.6. The van der Waals surface area contributed by atoms with Crippen molar-refractivity contribution >= 4 is 40.1 Å². The molecule has 0 spiro atoms. The SMILES string of the molecule is O=C1NCc2c(I)c(F)cc(Cl)c21. The van der Waals surface area contributed by atoms with E-state index in [1.807, 2.05) is 22.6 Å². The van der Waals surface area contributed by atoms with Crippen molar-refractivity contribution in [1.82, 2.24) is 5.32 Å². The predicted molar refractivity (Wildman–Crippen MR) is 55.3 cm³/mol. The molecule has 1 amide bonds. The number of carbonyl (C=O) groups excluding carboxylic acids is 1. The molecule has 0 saturated carbocycles. The standard InChI is InChI=1S/C8H4ClFINO/c9-4-1-5(10)7(11)3-2-12-8(13)6(3)4/h1H,2H2,(H,12,13). The molecule has 0 bridgehead atoms. The summed E-state index contributed by atoms with van der Waals surface area (Å²) in [6, 6.07) is 1.17. The normalized spacial score (nSPS) is 14.2. The minimum atomic E-state index is -0.374. The summed E-state index contributed by atoms with van der Waals surface area (Å²) in [5.74, 6) is -0.598. The number of amides is 1. The lowest BCUT2D eigenvalue weighted by molar-refractivity contribution is 0.0966. The van der Waals surface area contributed by atoms with Crippen LogP contribution in [-0.4, -0.2) is 5.91 Å². The molecule has 0 saturated heterocycles. The van der Waals surface area contributed by atoms with Gasteiger partial charge in [-0.25, -0.2) is 4.39 Å². The molecule has 1 aromatic rings. The third kappa shape index (κ3) is 1.32. The van der Waals surface area contributed by atoms with E-state index in [4.69, 9.17) is 11.6 Å². The van der Waals surface area contributed by atoms with Crippen LogP contribution in [0.4, 0.5) is 4.39 Å². The molecule has 0 atom stereocenters. The van der Waals surface area contributed by atoms with Crippen molar-refractivity contribution in [3.05, 3.63) is 31.6 Å². The number of hydrogen-bond acceptors (Lipinski definition) is 1. The predicted octanol–water partition coefficient (Wildman–Crippen LogP) is 2.33. The fraction of sp³-hybridized carbons (Fsp3) is 0.125. The topological polar surface area (TPSA) is 29.1 Å². The van der Waals surface area contributed by atoms with E-state index in [0.29, 0.717) is 21.2 Å². The lowest BCUT2D eigenvalue weighted by Gasteiger charge is -2.02. The highest BCUT2D eigenvalue weighted by Gasteiger charge is 2.26. The van der Waals surface area contributed by atoms with E-state index in [2.05, 4.69) is 5.32 Å². The van der Waals surface area contributed by atoms with Gasteiger partial charge in [-0.1, -0.05) is 11.6 Å². The highest BCUT2D eigenvalue weighted by atomic mass is 127. The van der Waals surface area contributed by atoms with Gasteiger partial charge >= 0.3 is 0 Å². The molecule has 1 N–H and O–H groups in total. The van der Waals surface area contributed by atoms with E-state index >= 15 is 0 Å². The molecule has 0 fully saturated rings. The Labute approximate surface area is 92.6 Å². The summed E-state index contributed by atoms with van der Waals surface area (Å²) in [6.07, 6.45) is 0. The molecule has 1 aromatic carbocycles. The minimum Gasteiger partial charge on any atom is -0.348 e. The zero-order valence-corrected chi connectivity index (χ0v) is 9.24. The summed E-state index contributed by atoms with van der Waals surface area (Å²) >= 11 is 7.61. The second-order valence-electron chi connectivity index (χ2n) is 2.69. The molecular weight excluding hydrogens is 307 g/mol. The highest BCUT2D eigenvalue weighted by molar-refractivity contribution is 14.1. The van der Waals surface area contributed by atoms with Crippen LogP contribution < -0.4 is 5.32 Å². The largest absolute Gasteiger partial charge is 0.348 e. The van der Waals surface area contributed by atoms with Crippen LogP contribution in [0.3, 0.4) is 0 Å². The lowest BCUT2D eigenvalue weighted by atomic mass is 10.1. The van der Waals surface area contributed by atoms with E-state index in [1.54, 1.807) is 0 Å². The molecule has 68 valence electrons. The maximum Gasteiger partial charge on any atom is 0.253 e. The molecule has 5 heteroatoms.